The van der Waals surface area contributed by atoms with Crippen LogP contribution in [0, 0.1) is 35.5 Å². The molecule has 2 heterocycles. The molecule has 25 heteroatoms. The molecule has 9 N–H and O–H groups in total. The highest BCUT2D eigenvalue weighted by molar-refractivity contribution is 6.03. The molecule has 2 aliphatic heterocycles. The predicted octanol–water partition coefficient (Wildman–Crippen LogP) is 5.65. The minimum Gasteiger partial charge on any atom is -0.388 e. The summed E-state index contributed by atoms with van der Waals surface area (Å²) in [6, 6.07) is 11.7. The van der Waals surface area contributed by atoms with E-state index < -0.39 is 72.4 Å². The zero-order chi connectivity index (χ0) is 71.4. The third-order valence-electron chi connectivity index (χ3n) is 18.1. The molecule has 2 aromatic carbocycles. The molecule has 0 aromatic heterocycles. The zero-order valence-corrected chi connectivity index (χ0v) is 59.6. The zero-order valence-electron chi connectivity index (χ0n) is 59.6. The normalized spacial score (nSPS) is 17.9. The number of nitrogens with zero attached hydrogens (tertiary/aromatic N) is 4. The summed E-state index contributed by atoms with van der Waals surface area (Å²) in [7, 11) is 10.4. The number of urea groups is 1. The highest BCUT2D eigenvalue weighted by atomic mass is 16.5. The number of hydrogen-bond donors (Lipinski definition) is 8. The quantitative estimate of drug-likeness (QED) is 0.0298. The van der Waals surface area contributed by atoms with Crippen LogP contribution in [-0.2, 0) is 63.8 Å². The molecule has 2 saturated heterocycles. The second-order valence-corrected chi connectivity index (χ2v) is 26.7. The monoisotopic (exact) mass is 1330 g/mol. The number of imide groups is 1. The number of primary amides is 1. The number of carbonyl (C=O) groups is 11. The van der Waals surface area contributed by atoms with Crippen LogP contribution < -0.4 is 43.0 Å². The molecule has 2 fully saturated rings. The van der Waals surface area contributed by atoms with Gasteiger partial charge in [0, 0.05) is 84.5 Å². The first-order valence-electron chi connectivity index (χ1n) is 33.8. The van der Waals surface area contributed by atoms with Gasteiger partial charge in [-0.3, -0.25) is 57.7 Å². The number of benzene rings is 2. The van der Waals surface area contributed by atoms with Crippen molar-refractivity contribution in [3.63, 3.8) is 0 Å². The topological polar surface area (TPSA) is 329 Å². The van der Waals surface area contributed by atoms with E-state index in [9.17, 15) is 52.7 Å². The van der Waals surface area contributed by atoms with Crippen LogP contribution in [0.1, 0.15) is 152 Å². The van der Waals surface area contributed by atoms with E-state index in [1.807, 2.05) is 110 Å². The van der Waals surface area contributed by atoms with Crippen LogP contribution in [0.2, 0.25) is 0 Å². The maximum Gasteiger partial charge on any atom is 0.312 e. The maximum atomic E-state index is 14.4. The maximum absolute atomic E-state index is 14.4. The Morgan fingerprint density at radius 1 is 0.716 bits per heavy atom. The highest BCUT2D eigenvalue weighted by Gasteiger charge is 2.44. The molecule has 532 valence electrons. The SMILES string of the molecule is CC(=O)[C@H](CCCNC(N)=O)NC(=O)[C@@H](NC(=O)CCCCCN1C(=O)CC(C)C1=O)C(C)C.CC[C@H](C)[C@@H]([C@@H](CC(=O)N1CCC[C@H]1[C@H](OC)[C@@H](C)C(=O)N[C@@H](Cc1ccccc1)C(=O)Nc1ccc(NC)cc1)OC)N(C)C(=O)[C@@H](NC(=O)[C@H](C(C)C)N(C)C)C(C)C. The largest absolute Gasteiger partial charge is 0.388 e. The van der Waals surface area contributed by atoms with E-state index in [4.69, 9.17) is 15.2 Å². The number of methoxy groups -OCH3 is 2. The lowest BCUT2D eigenvalue weighted by Crippen LogP contribution is -2.59. The Balaban J connectivity index is 0.000000585. The molecule has 0 spiro atoms. The number of amides is 11. The molecule has 25 nitrogen and oxygen atoms in total. The van der Waals surface area contributed by atoms with E-state index in [1.165, 1.54) is 11.8 Å². The summed E-state index contributed by atoms with van der Waals surface area (Å²) in [6.45, 7) is 21.5. The fourth-order valence-electron chi connectivity index (χ4n) is 12.5. The fourth-order valence-corrected chi connectivity index (χ4v) is 12.5. The summed E-state index contributed by atoms with van der Waals surface area (Å²) in [5.74, 6) is -3.91. The van der Waals surface area contributed by atoms with Crippen molar-refractivity contribution < 1.29 is 62.2 Å². The van der Waals surface area contributed by atoms with Crippen LogP contribution in [0.4, 0.5) is 16.2 Å². The molecule has 11 amide bonds. The third-order valence-corrected chi connectivity index (χ3v) is 18.1. The van der Waals surface area contributed by atoms with E-state index in [2.05, 4.69) is 37.2 Å². The molecule has 12 atom stereocenters. The molecule has 0 aliphatic carbocycles. The second kappa shape index (κ2) is 40.8. The highest BCUT2D eigenvalue weighted by Crippen LogP contribution is 2.30. The summed E-state index contributed by atoms with van der Waals surface area (Å²) in [6.07, 6.45) is 4.15. The lowest BCUT2D eigenvalue weighted by molar-refractivity contribution is -0.148. The van der Waals surface area contributed by atoms with Gasteiger partial charge in [0.15, 0.2) is 5.78 Å². The van der Waals surface area contributed by atoms with Gasteiger partial charge < -0.3 is 62.2 Å². The third kappa shape index (κ3) is 25.5. The number of Topliss-reactive ketones (excluding diaryl/α,β-unsaturated/α-hetero) is 1. The minimum absolute atomic E-state index is 0.0000143. The number of anilines is 2. The first-order chi connectivity index (χ1) is 44.8. The predicted molar refractivity (Wildman–Crippen MR) is 367 cm³/mol. The molecule has 0 radical (unpaired) electrons. The summed E-state index contributed by atoms with van der Waals surface area (Å²) in [5, 5.41) is 19.9. The van der Waals surface area contributed by atoms with Gasteiger partial charge >= 0.3 is 6.03 Å². The van der Waals surface area contributed by atoms with Crippen LogP contribution in [0.5, 0.6) is 0 Å². The number of ether oxygens (including phenoxy) is 2. The Morgan fingerprint density at radius 3 is 1.86 bits per heavy atom. The first kappa shape index (κ1) is 81.7. The van der Waals surface area contributed by atoms with Gasteiger partial charge in [0.05, 0.1) is 48.7 Å². The van der Waals surface area contributed by atoms with E-state index in [0.29, 0.717) is 63.8 Å². The van der Waals surface area contributed by atoms with Gasteiger partial charge in [-0.25, -0.2) is 4.79 Å². The molecule has 2 aliphatic rings. The van der Waals surface area contributed by atoms with Crippen LogP contribution in [0.15, 0.2) is 54.6 Å². The Labute approximate surface area is 564 Å². The van der Waals surface area contributed by atoms with Crippen molar-refractivity contribution >= 4 is 76.4 Å². The molecule has 0 bridgehead atoms. The van der Waals surface area contributed by atoms with Gasteiger partial charge in [-0.05, 0) is 113 Å². The van der Waals surface area contributed by atoms with Gasteiger partial charge in [0.25, 0.3) is 0 Å². The van der Waals surface area contributed by atoms with Crippen molar-refractivity contribution in [2.24, 2.45) is 41.2 Å². The van der Waals surface area contributed by atoms with Crippen molar-refractivity contribution in [3.8, 4) is 0 Å². The molecule has 0 saturated carbocycles. The number of nitrogens with one attached hydrogen (secondary N) is 7. The van der Waals surface area contributed by atoms with E-state index in [0.717, 1.165) is 24.1 Å². The summed E-state index contributed by atoms with van der Waals surface area (Å²) in [5.41, 5.74) is 7.40. The van der Waals surface area contributed by atoms with Crippen LogP contribution in [-0.4, -0.2) is 201 Å². The van der Waals surface area contributed by atoms with Crippen molar-refractivity contribution in [2.45, 2.75) is 208 Å². The number of rotatable bonds is 38. The lowest BCUT2D eigenvalue weighted by Gasteiger charge is -2.41. The average molecular weight is 1330 g/mol. The number of ketones is 1. The summed E-state index contributed by atoms with van der Waals surface area (Å²) >= 11 is 0. The van der Waals surface area contributed by atoms with Crippen molar-refractivity contribution in [2.75, 3.05) is 72.7 Å². The van der Waals surface area contributed by atoms with Gasteiger partial charge in [-0.2, -0.15) is 0 Å². The first-order valence-corrected chi connectivity index (χ1v) is 33.8. The second-order valence-electron chi connectivity index (χ2n) is 26.7. The number of hydrogen-bond acceptors (Lipinski definition) is 15. The standard InChI is InChI=1S/C47H75N7O7.C23H39N5O6/c1-14-31(6)42(53(11)47(59)40(29(2)3)51-46(58)41(30(4)5)52(9)10)38(60-12)28-39(55)54-26-18-21-37(54)43(61-13)32(7)44(56)50-36(27-33-19-16-15-17-20-33)45(57)49-35-24-22-34(48-8)23-25-35;1-14(2)20(21(32)26-17(16(4)29)9-8-11-25-23(24)34)27-18(30)10-6-5-7-12-28-19(31)13-15(3)22(28)33/h15-17,19-20,22-25,29-32,36-38,40-43,48H,14,18,21,26-28H2,1-13H3,(H,49,57)(H,50,56)(H,51,58);14-15,17,20H,5-13H2,1-4H3,(H,26,32)(H,27,30)(H3,24,25,34)/t31-,32+,36-,37-,38+,40-,41-,42-,43+;15?,17-,20-/m00/s1. The van der Waals surface area contributed by atoms with E-state index >= 15 is 0 Å². The molecule has 95 heavy (non-hydrogen) atoms. The van der Waals surface area contributed by atoms with E-state index in [1.54, 1.807) is 70.9 Å². The lowest BCUT2D eigenvalue weighted by atomic mass is 9.89. The van der Waals surface area contributed by atoms with Crippen LogP contribution >= 0.6 is 0 Å². The summed E-state index contributed by atoms with van der Waals surface area (Å²) in [4.78, 5) is 148. The van der Waals surface area contributed by atoms with Crippen LogP contribution in [0.25, 0.3) is 0 Å². The molecule has 1 unspecified atom stereocenters. The van der Waals surface area contributed by atoms with Crippen LogP contribution in [0.3, 0.4) is 0 Å². The average Bonchev–Trinajstić information content (AvgIpc) is 1.81. The fraction of sp³-hybridized carbons (Fsp3) is 0.671. The number of likely N-dealkylation sites (N-methyl/N-ethyl adjacent to an activating group) is 2. The Bertz CT molecular complexity index is 2810. The van der Waals surface area contributed by atoms with Gasteiger partial charge in [-0.1, -0.05) is 112 Å². The molecular weight excluding hydrogens is 1220 g/mol. The smallest absolute Gasteiger partial charge is 0.312 e. The number of unbranched alkanes of at least 4 members (excludes halogenated alkanes) is 2. The van der Waals surface area contributed by atoms with E-state index in [-0.39, 0.29) is 108 Å². The Hall–Kier alpha value is -7.51. The van der Waals surface area contributed by atoms with Crippen molar-refractivity contribution in [1.82, 2.24) is 46.2 Å². The number of carbonyl (C=O) groups excluding carboxylic acids is 11. The molecule has 4 rings (SSSR count). The Morgan fingerprint density at radius 2 is 1.34 bits per heavy atom. The summed E-state index contributed by atoms with van der Waals surface area (Å²) < 4.78 is 12.1. The van der Waals surface area contributed by atoms with Gasteiger partial charge in [-0.15, -0.1) is 0 Å². The van der Waals surface area contributed by atoms with Gasteiger partial charge in [0.2, 0.25) is 53.2 Å². The molecule has 2 aromatic rings. The van der Waals surface area contributed by atoms with Crippen molar-refractivity contribution in [1.29, 1.82) is 0 Å². The molecular formula is C70H114N12O13. The van der Waals surface area contributed by atoms with Crippen molar-refractivity contribution in [3.05, 3.63) is 60.2 Å². The number of nitrogens with two attached hydrogens (primary N) is 1. The van der Waals surface area contributed by atoms with Gasteiger partial charge in [0.1, 0.15) is 18.1 Å². The Kier molecular flexibility index (Phi) is 35.1. The number of likely N-dealkylation sites (tertiary alicyclic amines) is 2. The minimum atomic E-state index is -0.881.